The number of rotatable bonds is 3. The second-order valence-corrected chi connectivity index (χ2v) is 3.55. The van der Waals surface area contributed by atoms with Gasteiger partial charge in [-0.1, -0.05) is 0 Å². The number of benzene rings is 1. The van der Waals surface area contributed by atoms with Crippen LogP contribution >= 0.6 is 0 Å². The molecule has 5 nitrogen and oxygen atoms in total. The molecule has 0 unspecified atom stereocenters. The van der Waals surface area contributed by atoms with Crippen LogP contribution in [0.1, 0.15) is 5.56 Å². The summed E-state index contributed by atoms with van der Waals surface area (Å²) >= 11 is 0. The molecule has 2 rings (SSSR count). The highest BCUT2D eigenvalue weighted by Gasteiger charge is 2.02. The molecule has 0 saturated heterocycles. The highest BCUT2D eigenvalue weighted by Crippen LogP contribution is 2.19. The number of aromatic hydroxyl groups is 1. The van der Waals surface area contributed by atoms with Crippen LogP contribution in [0.25, 0.3) is 0 Å². The van der Waals surface area contributed by atoms with Gasteiger partial charge in [0.1, 0.15) is 5.75 Å². The van der Waals surface area contributed by atoms with Crippen LogP contribution in [0, 0.1) is 6.92 Å². The third-order valence-corrected chi connectivity index (χ3v) is 2.29. The summed E-state index contributed by atoms with van der Waals surface area (Å²) in [5.74, 6) is 1.12. The van der Waals surface area contributed by atoms with Gasteiger partial charge in [-0.3, -0.25) is 0 Å². The zero-order valence-electron chi connectivity index (χ0n) is 9.64. The lowest BCUT2D eigenvalue weighted by atomic mass is 10.3. The Balaban J connectivity index is 2.16. The first-order valence-corrected chi connectivity index (χ1v) is 5.13. The summed E-state index contributed by atoms with van der Waals surface area (Å²) in [4.78, 5) is 7.98. The summed E-state index contributed by atoms with van der Waals surface area (Å²) in [5.41, 5.74) is 1.47. The molecule has 1 heterocycles. The molecule has 0 spiro atoms. The first-order chi connectivity index (χ1) is 8.19. The Morgan fingerprint density at radius 3 is 2.53 bits per heavy atom. The number of aromatic nitrogens is 2. The molecule has 0 bridgehead atoms. The van der Waals surface area contributed by atoms with E-state index in [9.17, 15) is 5.11 Å². The molecule has 17 heavy (non-hydrogen) atoms. The number of aryl methyl sites for hydroxylation is 1. The van der Waals surface area contributed by atoms with Crippen molar-refractivity contribution in [2.24, 2.45) is 0 Å². The van der Waals surface area contributed by atoms with Gasteiger partial charge in [0.25, 0.3) is 0 Å². The van der Waals surface area contributed by atoms with E-state index in [1.54, 1.807) is 20.2 Å². The minimum Gasteiger partial charge on any atom is -0.497 e. The lowest BCUT2D eigenvalue weighted by Crippen LogP contribution is -1.97. The smallest absolute Gasteiger partial charge is 0.230 e. The summed E-state index contributed by atoms with van der Waals surface area (Å²) in [6.45, 7) is 1.74. The third kappa shape index (κ3) is 2.63. The molecule has 0 atom stereocenters. The second kappa shape index (κ2) is 4.69. The fourth-order valence-electron chi connectivity index (χ4n) is 1.30. The summed E-state index contributed by atoms with van der Waals surface area (Å²) < 4.78 is 5.06. The monoisotopic (exact) mass is 231 g/mol. The normalized spacial score (nSPS) is 10.0. The van der Waals surface area contributed by atoms with E-state index in [1.165, 1.54) is 0 Å². The Morgan fingerprint density at radius 2 is 1.94 bits per heavy atom. The van der Waals surface area contributed by atoms with Crippen LogP contribution in [0.5, 0.6) is 11.6 Å². The van der Waals surface area contributed by atoms with Crippen molar-refractivity contribution >= 4 is 11.6 Å². The average molecular weight is 231 g/mol. The van der Waals surface area contributed by atoms with Crippen molar-refractivity contribution in [3.63, 3.8) is 0 Å². The predicted octanol–water partition coefficient (Wildman–Crippen LogP) is 2.24. The standard InChI is InChI=1S/C12H13N3O2/c1-8-7-13-12(15-11(8)16)14-9-3-5-10(17-2)6-4-9/h3-7H,1-2H3,(H2,13,14,15,16). The lowest BCUT2D eigenvalue weighted by Gasteiger charge is -2.06. The van der Waals surface area contributed by atoms with Gasteiger partial charge < -0.3 is 15.2 Å². The van der Waals surface area contributed by atoms with Gasteiger partial charge in [-0.2, -0.15) is 4.98 Å². The number of nitrogens with one attached hydrogen (secondary N) is 1. The number of methoxy groups -OCH3 is 1. The van der Waals surface area contributed by atoms with Crippen LogP contribution < -0.4 is 10.1 Å². The summed E-state index contributed by atoms with van der Waals surface area (Å²) in [6.07, 6.45) is 1.56. The number of ether oxygens (including phenoxy) is 1. The predicted molar refractivity (Wildman–Crippen MR) is 64.7 cm³/mol. The topological polar surface area (TPSA) is 67.3 Å². The quantitative estimate of drug-likeness (QED) is 0.848. The molecule has 0 amide bonds. The van der Waals surface area contributed by atoms with Crippen molar-refractivity contribution in [1.29, 1.82) is 0 Å². The SMILES string of the molecule is COc1ccc(Nc2ncc(C)c(O)n2)cc1. The molecule has 0 fully saturated rings. The van der Waals surface area contributed by atoms with E-state index in [4.69, 9.17) is 4.74 Å². The Labute approximate surface area is 99.1 Å². The van der Waals surface area contributed by atoms with Crippen LogP contribution in [-0.2, 0) is 0 Å². The van der Waals surface area contributed by atoms with Gasteiger partial charge in [-0.25, -0.2) is 4.98 Å². The van der Waals surface area contributed by atoms with Crippen molar-refractivity contribution in [2.75, 3.05) is 12.4 Å². The highest BCUT2D eigenvalue weighted by molar-refractivity contribution is 5.54. The van der Waals surface area contributed by atoms with E-state index in [2.05, 4.69) is 15.3 Å². The van der Waals surface area contributed by atoms with Gasteiger partial charge in [-0.15, -0.1) is 0 Å². The van der Waals surface area contributed by atoms with E-state index < -0.39 is 0 Å². The van der Waals surface area contributed by atoms with Crippen molar-refractivity contribution in [1.82, 2.24) is 9.97 Å². The minimum absolute atomic E-state index is 0.0176. The molecular weight excluding hydrogens is 218 g/mol. The van der Waals surface area contributed by atoms with E-state index in [1.807, 2.05) is 24.3 Å². The van der Waals surface area contributed by atoms with Crippen LogP contribution in [0.15, 0.2) is 30.5 Å². The zero-order chi connectivity index (χ0) is 12.3. The molecular formula is C12H13N3O2. The fraction of sp³-hybridized carbons (Fsp3) is 0.167. The molecule has 0 radical (unpaired) electrons. The van der Waals surface area contributed by atoms with Crippen molar-refractivity contribution in [3.8, 4) is 11.6 Å². The Hall–Kier alpha value is -2.30. The molecule has 2 N–H and O–H groups in total. The first-order valence-electron chi connectivity index (χ1n) is 5.13. The Morgan fingerprint density at radius 1 is 1.24 bits per heavy atom. The molecule has 0 saturated carbocycles. The van der Waals surface area contributed by atoms with E-state index in [0.29, 0.717) is 11.5 Å². The number of anilines is 2. The maximum absolute atomic E-state index is 9.45. The van der Waals surface area contributed by atoms with Gasteiger partial charge in [0, 0.05) is 17.4 Å². The molecule has 0 aliphatic heterocycles. The van der Waals surface area contributed by atoms with E-state index in [0.717, 1.165) is 11.4 Å². The van der Waals surface area contributed by atoms with Crippen LogP contribution in [0.2, 0.25) is 0 Å². The molecule has 2 aromatic rings. The van der Waals surface area contributed by atoms with Gasteiger partial charge >= 0.3 is 0 Å². The summed E-state index contributed by atoms with van der Waals surface area (Å²) in [6, 6.07) is 7.35. The van der Waals surface area contributed by atoms with Gasteiger partial charge in [0.15, 0.2) is 0 Å². The number of hydrogen-bond acceptors (Lipinski definition) is 5. The lowest BCUT2D eigenvalue weighted by molar-refractivity contribution is 0.415. The Kier molecular flexibility index (Phi) is 3.09. The zero-order valence-corrected chi connectivity index (χ0v) is 9.64. The number of nitrogens with zero attached hydrogens (tertiary/aromatic N) is 2. The number of hydrogen-bond donors (Lipinski definition) is 2. The van der Waals surface area contributed by atoms with Gasteiger partial charge in [-0.05, 0) is 31.2 Å². The van der Waals surface area contributed by atoms with Crippen molar-refractivity contribution in [3.05, 3.63) is 36.0 Å². The molecule has 1 aromatic carbocycles. The molecule has 5 heteroatoms. The minimum atomic E-state index is -0.0176. The molecule has 1 aromatic heterocycles. The molecule has 0 aliphatic rings. The second-order valence-electron chi connectivity index (χ2n) is 3.55. The summed E-state index contributed by atoms with van der Waals surface area (Å²) in [5, 5.41) is 12.4. The first kappa shape index (κ1) is 11.2. The van der Waals surface area contributed by atoms with Crippen LogP contribution in [0.4, 0.5) is 11.6 Å². The maximum Gasteiger partial charge on any atom is 0.230 e. The van der Waals surface area contributed by atoms with Crippen LogP contribution in [0.3, 0.4) is 0 Å². The van der Waals surface area contributed by atoms with Gasteiger partial charge in [0.2, 0.25) is 11.8 Å². The van der Waals surface area contributed by atoms with Crippen LogP contribution in [-0.4, -0.2) is 22.2 Å². The Bertz CT molecular complexity index is 512. The fourth-order valence-corrected chi connectivity index (χ4v) is 1.30. The average Bonchev–Trinajstić information content (AvgIpc) is 2.35. The third-order valence-electron chi connectivity index (χ3n) is 2.29. The van der Waals surface area contributed by atoms with Crippen molar-refractivity contribution < 1.29 is 9.84 Å². The largest absolute Gasteiger partial charge is 0.497 e. The maximum atomic E-state index is 9.45. The molecule has 88 valence electrons. The molecule has 0 aliphatic carbocycles. The summed E-state index contributed by atoms with van der Waals surface area (Å²) in [7, 11) is 1.61. The van der Waals surface area contributed by atoms with E-state index in [-0.39, 0.29) is 5.88 Å². The van der Waals surface area contributed by atoms with E-state index >= 15 is 0 Å². The highest BCUT2D eigenvalue weighted by atomic mass is 16.5. The van der Waals surface area contributed by atoms with Gasteiger partial charge in [0.05, 0.1) is 7.11 Å². The van der Waals surface area contributed by atoms with Crippen molar-refractivity contribution in [2.45, 2.75) is 6.92 Å².